The molecule has 5 heteroatoms. The van der Waals surface area contributed by atoms with Crippen LogP contribution in [0.2, 0.25) is 0 Å². The zero-order chi connectivity index (χ0) is 46.7. The average molecular weight is 1030 g/mol. The molecule has 0 spiro atoms. The van der Waals surface area contributed by atoms with Crippen LogP contribution in [0.4, 0.5) is 0 Å². The predicted molar refractivity (Wildman–Crippen MR) is 268 cm³/mol. The van der Waals surface area contributed by atoms with Gasteiger partial charge in [0.15, 0.2) is 0 Å². The molecule has 7 aromatic carbocycles. The van der Waals surface area contributed by atoms with Crippen LogP contribution in [0.1, 0.15) is 90.8 Å². The number of imidazole rings is 1. The van der Waals surface area contributed by atoms with Crippen LogP contribution < -0.4 is 0 Å². The fourth-order valence-electron chi connectivity index (χ4n) is 8.89. The average Bonchev–Trinajstić information content (AvgIpc) is 3.69. The summed E-state index contributed by atoms with van der Waals surface area (Å²) in [6.45, 7) is 18.2. The van der Waals surface area contributed by atoms with Crippen LogP contribution in [-0.2, 0) is 26.5 Å². The van der Waals surface area contributed by atoms with Gasteiger partial charge >= 0.3 is 0 Å². The first-order valence-electron chi connectivity index (χ1n) is 23.1. The third-order valence-corrected chi connectivity index (χ3v) is 12.3. The van der Waals surface area contributed by atoms with Crippen LogP contribution in [0.3, 0.4) is 0 Å². The zero-order valence-electron chi connectivity index (χ0n) is 40.6. The van der Waals surface area contributed by atoms with Gasteiger partial charge in [0, 0.05) is 41.4 Å². The maximum absolute atomic E-state index is 11.7. The van der Waals surface area contributed by atoms with E-state index in [0.717, 1.165) is 89.2 Å². The molecule has 0 atom stereocenters. The number of benzene rings is 7. The molecule has 2 heterocycles. The number of para-hydroxylation sites is 1. The second kappa shape index (κ2) is 18.3. The van der Waals surface area contributed by atoms with Gasteiger partial charge in [-0.25, -0.2) is 4.98 Å². The molecule has 0 bridgehead atoms. The molecular weight excluding hydrogens is 974 g/mol. The van der Waals surface area contributed by atoms with Gasteiger partial charge < -0.3 is 5.11 Å². The van der Waals surface area contributed by atoms with Gasteiger partial charge in [-0.05, 0) is 117 Å². The van der Waals surface area contributed by atoms with E-state index in [9.17, 15) is 5.11 Å². The van der Waals surface area contributed by atoms with E-state index in [0.29, 0.717) is 11.4 Å². The molecule has 2 aromatic heterocycles. The van der Waals surface area contributed by atoms with Crippen LogP contribution in [0.15, 0.2) is 158 Å². The molecule has 0 aliphatic heterocycles. The van der Waals surface area contributed by atoms with E-state index in [1.54, 1.807) is 0 Å². The Morgan fingerprint density at radius 3 is 1.86 bits per heavy atom. The first kappa shape index (κ1) is 42.6. The maximum Gasteiger partial charge on any atom is 0.148 e. The van der Waals surface area contributed by atoms with Crippen LogP contribution in [0.5, 0.6) is 5.75 Å². The summed E-state index contributed by atoms with van der Waals surface area (Å²) in [7, 11) is 0. The minimum absolute atomic E-state index is 0. The second-order valence-electron chi connectivity index (χ2n) is 18.5. The van der Waals surface area contributed by atoms with Gasteiger partial charge in [-0.3, -0.25) is 9.55 Å². The summed E-state index contributed by atoms with van der Waals surface area (Å²) in [5, 5.41) is 11.7. The van der Waals surface area contributed by atoms with Crippen LogP contribution >= 0.6 is 0 Å². The Labute approximate surface area is 402 Å². The van der Waals surface area contributed by atoms with Crippen molar-refractivity contribution in [2.45, 2.75) is 79.5 Å². The van der Waals surface area contributed by atoms with Crippen molar-refractivity contribution in [3.05, 3.63) is 192 Å². The third-order valence-electron chi connectivity index (χ3n) is 12.3. The summed E-state index contributed by atoms with van der Waals surface area (Å²) in [5.41, 5.74) is 17.6. The first-order chi connectivity index (χ1) is 31.3. The molecule has 0 radical (unpaired) electrons. The van der Waals surface area contributed by atoms with Gasteiger partial charge in [-0.15, -0.1) is 29.3 Å². The maximum atomic E-state index is 11.7. The number of aromatic nitrogens is 3. The molecule has 1 N–H and O–H groups in total. The van der Waals surface area contributed by atoms with Crippen molar-refractivity contribution in [2.24, 2.45) is 0 Å². The van der Waals surface area contributed by atoms with Crippen molar-refractivity contribution in [1.82, 2.24) is 14.5 Å². The van der Waals surface area contributed by atoms with Crippen molar-refractivity contribution in [1.29, 1.82) is 0 Å². The minimum Gasteiger partial charge on any atom is -0.507 e. The van der Waals surface area contributed by atoms with Crippen LogP contribution in [0, 0.1) is 19.9 Å². The molecule has 0 aliphatic rings. The molecule has 9 aromatic rings. The minimum atomic E-state index is -0.880. The fourth-order valence-corrected chi connectivity index (χ4v) is 8.89. The van der Waals surface area contributed by atoms with Gasteiger partial charge in [0.2, 0.25) is 0 Å². The van der Waals surface area contributed by atoms with E-state index in [4.69, 9.17) is 12.7 Å². The van der Waals surface area contributed by atoms with Crippen molar-refractivity contribution in [3.63, 3.8) is 0 Å². The van der Waals surface area contributed by atoms with E-state index >= 15 is 0 Å². The number of hydrogen-bond acceptors (Lipinski definition) is 3. The third kappa shape index (κ3) is 8.90. The Bertz CT molecular complexity index is 3230. The fraction of sp³-hybridized carbons (Fsp3) is 0.200. The topological polar surface area (TPSA) is 50.9 Å². The summed E-state index contributed by atoms with van der Waals surface area (Å²) in [5.74, 6) is -0.951. The number of aryl methyl sites for hydroxylation is 2. The molecule has 65 heavy (non-hydrogen) atoms. The van der Waals surface area contributed by atoms with Gasteiger partial charge in [0.05, 0.1) is 16.6 Å². The SMILES string of the molecule is [2H]C(C)(C)c1cccc(C([2H])(C)C)c1-c1ccc(-n2c(-c3cc(C)cc(C)c3O)nc3c(-c4[c-]c(-c5cc(-c6ccc(-c7ccccc7)cc6)ccn5)cc(C(C)(C)C)c4)cccc32)cc1.[Pt]. The van der Waals surface area contributed by atoms with E-state index in [1.807, 2.05) is 84.1 Å². The number of aromatic hydroxyl groups is 1. The largest absolute Gasteiger partial charge is 0.507 e. The predicted octanol–water partition coefficient (Wildman–Crippen LogP) is 16.1. The summed E-state index contributed by atoms with van der Waals surface area (Å²) < 4.78 is 20.3. The van der Waals surface area contributed by atoms with Crippen LogP contribution in [0.25, 0.3) is 83.9 Å². The number of hydrogen-bond donors (Lipinski definition) is 1. The van der Waals surface area contributed by atoms with Gasteiger partial charge in [-0.2, -0.15) is 0 Å². The Hall–Kier alpha value is -6.35. The summed E-state index contributed by atoms with van der Waals surface area (Å²) in [6.07, 6.45) is 1.88. The van der Waals surface area contributed by atoms with Crippen molar-refractivity contribution in [3.8, 4) is 78.6 Å². The number of nitrogens with zero attached hydrogens (tertiary/aromatic N) is 3. The molecule has 4 nitrogen and oxygen atoms in total. The Kier molecular flexibility index (Phi) is 12.0. The van der Waals surface area contributed by atoms with Gasteiger partial charge in [-0.1, -0.05) is 169 Å². The first-order valence-corrected chi connectivity index (χ1v) is 22.1. The second-order valence-corrected chi connectivity index (χ2v) is 18.5. The number of fused-ring (bicyclic) bond motifs is 1. The molecule has 0 amide bonds. The van der Waals surface area contributed by atoms with E-state index in [-0.39, 0.29) is 32.2 Å². The van der Waals surface area contributed by atoms with Gasteiger partial charge in [0.25, 0.3) is 0 Å². The quantitative estimate of drug-likeness (QED) is 0.147. The van der Waals surface area contributed by atoms with E-state index in [1.165, 1.54) is 11.1 Å². The smallest absolute Gasteiger partial charge is 0.148 e. The standard InChI is InChI=1S/C60H56N3O.Pt/c1-37(2)50-17-13-18-51(38(3)4)56(50)44-25-27-49(28-26-44)63-55-20-14-19-52(57(55)62-59(63)53-32-39(5)31-40(6)58(53)64)46-33-47(35-48(34-46)60(7,8)9)54-36-45(29-30-61-54)43-23-21-42(22-24-43)41-15-11-10-12-16-41;/h10-32,34-38,64H,1-9H3;/q-1;/i37D,38D;. The molecule has 0 aliphatic carbocycles. The van der Waals surface area contributed by atoms with E-state index in [2.05, 4.69) is 147 Å². The van der Waals surface area contributed by atoms with E-state index < -0.39 is 11.8 Å². The Morgan fingerprint density at radius 1 is 0.615 bits per heavy atom. The monoisotopic (exact) mass is 1030 g/mol. The van der Waals surface area contributed by atoms with Crippen molar-refractivity contribution >= 4 is 11.0 Å². The van der Waals surface area contributed by atoms with Crippen molar-refractivity contribution < 1.29 is 28.9 Å². The summed E-state index contributed by atoms with van der Waals surface area (Å²) in [6, 6.07) is 56.1. The Morgan fingerprint density at radius 2 is 1.22 bits per heavy atom. The number of phenols is 1. The number of phenolic OH excluding ortho intramolecular Hbond substituents is 1. The molecule has 0 fully saturated rings. The van der Waals surface area contributed by atoms with Crippen LogP contribution in [-0.4, -0.2) is 19.6 Å². The molecule has 0 unspecified atom stereocenters. The zero-order valence-corrected chi connectivity index (χ0v) is 40.9. The summed E-state index contributed by atoms with van der Waals surface area (Å²) in [4.78, 5) is 10.4. The van der Waals surface area contributed by atoms with Gasteiger partial charge in [0.1, 0.15) is 11.6 Å². The molecule has 0 saturated carbocycles. The normalized spacial score (nSPS) is 12.4. The Balaban J connectivity index is 0.00000608. The van der Waals surface area contributed by atoms with Crippen molar-refractivity contribution in [2.75, 3.05) is 0 Å². The molecule has 9 rings (SSSR count). The number of rotatable bonds is 9. The number of pyridine rings is 1. The molecular formula is C60H56N3OPt-. The molecule has 0 saturated heterocycles. The molecule has 328 valence electrons. The summed E-state index contributed by atoms with van der Waals surface area (Å²) >= 11 is 0.